The van der Waals surface area contributed by atoms with Crippen molar-refractivity contribution >= 4 is 23.3 Å². The molecule has 0 unspecified atom stereocenters. The van der Waals surface area contributed by atoms with Crippen LogP contribution in [0, 0.1) is 13.8 Å². The number of hydrogen-bond donors (Lipinski definition) is 1. The minimum Gasteiger partial charge on any atom is -0.355 e. The Balaban J connectivity index is 1.86. The number of nitrogens with two attached hydrogens (primary N) is 1. The van der Waals surface area contributed by atoms with E-state index in [1.54, 1.807) is 4.90 Å². The van der Waals surface area contributed by atoms with Crippen molar-refractivity contribution in [1.82, 2.24) is 14.9 Å². The highest BCUT2D eigenvalue weighted by molar-refractivity contribution is 6.30. The Labute approximate surface area is 165 Å². The van der Waals surface area contributed by atoms with E-state index in [1.165, 1.54) is 0 Å². The van der Waals surface area contributed by atoms with Gasteiger partial charge < -0.3 is 15.5 Å². The number of carbonyl (C=O) groups excluding carboxylic acids is 1. The molecule has 0 radical (unpaired) electrons. The van der Waals surface area contributed by atoms with Gasteiger partial charge in [-0.3, -0.25) is 4.79 Å². The summed E-state index contributed by atoms with van der Waals surface area (Å²) in [5.41, 5.74) is 8.89. The molecule has 27 heavy (non-hydrogen) atoms. The standard InChI is InChI=1S/C20H26ClN5O/c1-4-25(11-15-5-7-16(21)8-6-15)20(27)18-23-14(3)13(2)19(24-18)26-10-9-17(22)12-26/h5-8,17H,4,9-12,22H2,1-3H3/t17-/m1/s1. The fourth-order valence-electron chi connectivity index (χ4n) is 3.28. The lowest BCUT2D eigenvalue weighted by molar-refractivity contribution is 0.0740. The third-order valence-corrected chi connectivity index (χ3v) is 5.29. The molecule has 0 aliphatic carbocycles. The van der Waals surface area contributed by atoms with Crippen LogP contribution in [0.1, 0.15) is 40.8 Å². The Morgan fingerprint density at radius 3 is 2.59 bits per heavy atom. The quantitative estimate of drug-likeness (QED) is 0.853. The fourth-order valence-corrected chi connectivity index (χ4v) is 3.40. The number of benzene rings is 1. The third kappa shape index (κ3) is 4.39. The van der Waals surface area contributed by atoms with E-state index in [4.69, 9.17) is 17.3 Å². The predicted octanol–water partition coefficient (Wildman–Crippen LogP) is 2.95. The Morgan fingerprint density at radius 2 is 2.00 bits per heavy atom. The van der Waals surface area contributed by atoms with Gasteiger partial charge >= 0.3 is 0 Å². The van der Waals surface area contributed by atoms with Gasteiger partial charge in [-0.15, -0.1) is 0 Å². The van der Waals surface area contributed by atoms with Gasteiger partial charge in [0.2, 0.25) is 5.82 Å². The van der Waals surface area contributed by atoms with Gasteiger partial charge in [-0.25, -0.2) is 9.97 Å². The normalized spacial score (nSPS) is 16.6. The van der Waals surface area contributed by atoms with E-state index < -0.39 is 0 Å². The molecular weight excluding hydrogens is 362 g/mol. The van der Waals surface area contributed by atoms with Crippen LogP contribution in [-0.4, -0.2) is 46.5 Å². The average Bonchev–Trinajstić information content (AvgIpc) is 3.09. The van der Waals surface area contributed by atoms with E-state index in [2.05, 4.69) is 14.9 Å². The predicted molar refractivity (Wildman–Crippen MR) is 108 cm³/mol. The number of halogens is 1. The molecule has 1 atom stereocenters. The van der Waals surface area contributed by atoms with Gasteiger partial charge in [-0.1, -0.05) is 23.7 Å². The van der Waals surface area contributed by atoms with Crippen molar-refractivity contribution in [2.24, 2.45) is 5.73 Å². The number of aromatic nitrogens is 2. The van der Waals surface area contributed by atoms with E-state index in [0.29, 0.717) is 18.1 Å². The van der Waals surface area contributed by atoms with Crippen molar-refractivity contribution in [2.75, 3.05) is 24.5 Å². The highest BCUT2D eigenvalue weighted by Crippen LogP contribution is 2.24. The number of rotatable bonds is 5. The second-order valence-electron chi connectivity index (χ2n) is 7.02. The molecule has 2 N–H and O–H groups in total. The van der Waals surface area contributed by atoms with Crippen LogP contribution in [0.15, 0.2) is 24.3 Å². The summed E-state index contributed by atoms with van der Waals surface area (Å²) in [5.74, 6) is 0.894. The van der Waals surface area contributed by atoms with Gasteiger partial charge in [0.25, 0.3) is 5.91 Å². The largest absolute Gasteiger partial charge is 0.355 e. The molecule has 1 saturated heterocycles. The summed E-state index contributed by atoms with van der Waals surface area (Å²) in [7, 11) is 0. The Bertz CT molecular complexity index is 824. The molecule has 2 aromatic rings. The van der Waals surface area contributed by atoms with Crippen LogP contribution in [0.4, 0.5) is 5.82 Å². The Hall–Kier alpha value is -2.18. The lowest BCUT2D eigenvalue weighted by Gasteiger charge is -2.23. The van der Waals surface area contributed by atoms with Crippen LogP contribution in [0.25, 0.3) is 0 Å². The molecule has 0 bridgehead atoms. The van der Waals surface area contributed by atoms with Gasteiger partial charge in [0.05, 0.1) is 0 Å². The zero-order chi connectivity index (χ0) is 19.6. The summed E-state index contributed by atoms with van der Waals surface area (Å²) in [4.78, 5) is 26.1. The molecule has 1 aromatic carbocycles. The van der Waals surface area contributed by atoms with Crippen molar-refractivity contribution in [1.29, 1.82) is 0 Å². The lowest BCUT2D eigenvalue weighted by atomic mass is 10.2. The molecule has 1 aliphatic heterocycles. The SMILES string of the molecule is CCN(Cc1ccc(Cl)cc1)C(=O)c1nc(C)c(C)c(N2CC[C@@H](N)C2)n1. The van der Waals surface area contributed by atoms with Gasteiger partial charge in [0, 0.05) is 48.5 Å². The smallest absolute Gasteiger partial charge is 0.292 e. The topological polar surface area (TPSA) is 75.4 Å². The van der Waals surface area contributed by atoms with Crippen molar-refractivity contribution in [3.8, 4) is 0 Å². The number of carbonyl (C=O) groups is 1. The van der Waals surface area contributed by atoms with Gasteiger partial charge in [-0.05, 0) is 44.9 Å². The van der Waals surface area contributed by atoms with E-state index in [-0.39, 0.29) is 17.8 Å². The molecule has 3 rings (SSSR count). The minimum atomic E-state index is -0.166. The molecule has 2 heterocycles. The molecule has 144 valence electrons. The maximum atomic E-state index is 13.1. The maximum absolute atomic E-state index is 13.1. The summed E-state index contributed by atoms with van der Waals surface area (Å²) >= 11 is 5.95. The second-order valence-corrected chi connectivity index (χ2v) is 7.46. The summed E-state index contributed by atoms with van der Waals surface area (Å²) in [6, 6.07) is 7.66. The first-order valence-corrected chi connectivity index (χ1v) is 9.66. The molecule has 1 amide bonds. The van der Waals surface area contributed by atoms with Crippen molar-refractivity contribution < 1.29 is 4.79 Å². The first kappa shape index (κ1) is 19.6. The molecule has 1 aromatic heterocycles. The van der Waals surface area contributed by atoms with Crippen LogP contribution in [0.5, 0.6) is 0 Å². The minimum absolute atomic E-state index is 0.149. The van der Waals surface area contributed by atoms with Gasteiger partial charge in [-0.2, -0.15) is 0 Å². The van der Waals surface area contributed by atoms with Crippen LogP contribution < -0.4 is 10.6 Å². The average molecular weight is 388 g/mol. The molecule has 1 aliphatic rings. The fraction of sp³-hybridized carbons (Fsp3) is 0.450. The molecule has 0 spiro atoms. The van der Waals surface area contributed by atoms with Crippen LogP contribution >= 0.6 is 11.6 Å². The zero-order valence-corrected chi connectivity index (χ0v) is 16.8. The maximum Gasteiger partial charge on any atom is 0.292 e. The third-order valence-electron chi connectivity index (χ3n) is 5.03. The van der Waals surface area contributed by atoms with Crippen molar-refractivity contribution in [3.05, 3.63) is 51.9 Å². The summed E-state index contributed by atoms with van der Waals surface area (Å²) < 4.78 is 0. The first-order chi connectivity index (χ1) is 12.9. The van der Waals surface area contributed by atoms with Crippen LogP contribution in [0.2, 0.25) is 5.02 Å². The van der Waals surface area contributed by atoms with Crippen LogP contribution in [0.3, 0.4) is 0 Å². The summed E-state index contributed by atoms with van der Waals surface area (Å²) in [5, 5.41) is 0.680. The van der Waals surface area contributed by atoms with E-state index in [1.807, 2.05) is 45.0 Å². The van der Waals surface area contributed by atoms with E-state index >= 15 is 0 Å². The van der Waals surface area contributed by atoms with Crippen molar-refractivity contribution in [3.63, 3.8) is 0 Å². The molecule has 1 fully saturated rings. The highest BCUT2D eigenvalue weighted by atomic mass is 35.5. The number of hydrogen-bond acceptors (Lipinski definition) is 5. The van der Waals surface area contributed by atoms with Gasteiger partial charge in [0.1, 0.15) is 5.82 Å². The first-order valence-electron chi connectivity index (χ1n) is 9.28. The monoisotopic (exact) mass is 387 g/mol. The second kappa shape index (κ2) is 8.23. The lowest BCUT2D eigenvalue weighted by Crippen LogP contribution is -2.33. The molecule has 7 heteroatoms. The molecule has 6 nitrogen and oxygen atoms in total. The van der Waals surface area contributed by atoms with E-state index in [9.17, 15) is 4.79 Å². The summed E-state index contributed by atoms with van der Waals surface area (Å²) in [6.45, 7) is 8.54. The van der Waals surface area contributed by atoms with Crippen LogP contribution in [-0.2, 0) is 6.54 Å². The number of anilines is 1. The molecular formula is C20H26ClN5O. The number of aryl methyl sites for hydroxylation is 1. The Morgan fingerprint density at radius 1 is 1.30 bits per heavy atom. The molecule has 0 saturated carbocycles. The van der Waals surface area contributed by atoms with Gasteiger partial charge in [0.15, 0.2) is 0 Å². The Kier molecular flexibility index (Phi) is 5.97. The number of amides is 1. The van der Waals surface area contributed by atoms with E-state index in [0.717, 1.165) is 42.1 Å². The zero-order valence-electron chi connectivity index (χ0n) is 16.1. The van der Waals surface area contributed by atoms with Crippen molar-refractivity contribution in [2.45, 2.75) is 39.8 Å². The highest BCUT2D eigenvalue weighted by Gasteiger charge is 2.26. The number of nitrogens with zero attached hydrogens (tertiary/aromatic N) is 4. The summed E-state index contributed by atoms with van der Waals surface area (Å²) in [6.07, 6.45) is 0.934.